The second-order valence-corrected chi connectivity index (χ2v) is 4.90. The van der Waals surface area contributed by atoms with E-state index in [1.54, 1.807) is 0 Å². The first kappa shape index (κ1) is 10.7. The topological polar surface area (TPSA) is 46.3 Å². The summed E-state index contributed by atoms with van der Waals surface area (Å²) in [6.07, 6.45) is 7.02. The van der Waals surface area contributed by atoms with Crippen LogP contribution < -0.4 is 5.73 Å². The highest BCUT2D eigenvalue weighted by atomic mass is 16.2. The molecule has 3 nitrogen and oxygen atoms in total. The first-order valence-electron chi connectivity index (χ1n) is 5.89. The fourth-order valence-electron chi connectivity index (χ4n) is 2.37. The maximum atomic E-state index is 12.1. The second kappa shape index (κ2) is 4.35. The van der Waals surface area contributed by atoms with Gasteiger partial charge in [0.1, 0.15) is 0 Å². The van der Waals surface area contributed by atoms with E-state index >= 15 is 0 Å². The van der Waals surface area contributed by atoms with Crippen molar-refractivity contribution >= 4 is 5.91 Å². The average Bonchev–Trinajstić information content (AvgIpc) is 2.65. The van der Waals surface area contributed by atoms with Gasteiger partial charge < -0.3 is 10.6 Å². The Kier molecular flexibility index (Phi) is 3.10. The zero-order valence-corrected chi connectivity index (χ0v) is 9.36. The summed E-state index contributed by atoms with van der Waals surface area (Å²) in [6.45, 7) is 4.12. The Balaban J connectivity index is 1.89. The Hall–Kier alpha value is -0.830. The molecule has 1 saturated heterocycles. The number of carbonyl (C=O) groups is 1. The molecule has 2 rings (SSSR count). The molecular formula is C12H20N2O. The van der Waals surface area contributed by atoms with E-state index in [1.807, 2.05) is 17.1 Å². The standard InChI is InChI=1S/C12H20N2O/c1-9-4-6-14(7-5-9)12(15)10-2-3-11(13)8-10/h2-3,9-11H,4-8,13H2,1H3. The molecule has 0 radical (unpaired) electrons. The van der Waals surface area contributed by atoms with Gasteiger partial charge in [0.15, 0.2) is 0 Å². The van der Waals surface area contributed by atoms with Crippen LogP contribution >= 0.6 is 0 Å². The third kappa shape index (κ3) is 2.40. The molecule has 0 spiro atoms. The van der Waals surface area contributed by atoms with Crippen molar-refractivity contribution in [3.63, 3.8) is 0 Å². The molecule has 0 saturated carbocycles. The summed E-state index contributed by atoms with van der Waals surface area (Å²) in [4.78, 5) is 14.1. The molecule has 84 valence electrons. The van der Waals surface area contributed by atoms with Gasteiger partial charge in [0.25, 0.3) is 0 Å². The van der Waals surface area contributed by atoms with Gasteiger partial charge in [-0.15, -0.1) is 0 Å². The Morgan fingerprint density at radius 2 is 2.00 bits per heavy atom. The van der Waals surface area contributed by atoms with E-state index in [0.717, 1.165) is 38.3 Å². The van der Waals surface area contributed by atoms with E-state index < -0.39 is 0 Å². The van der Waals surface area contributed by atoms with E-state index in [9.17, 15) is 4.79 Å². The lowest BCUT2D eigenvalue weighted by atomic mass is 9.97. The lowest BCUT2D eigenvalue weighted by Crippen LogP contribution is -2.41. The fraction of sp³-hybridized carbons (Fsp3) is 0.750. The van der Waals surface area contributed by atoms with Crippen LogP contribution in [0.15, 0.2) is 12.2 Å². The van der Waals surface area contributed by atoms with Gasteiger partial charge in [-0.2, -0.15) is 0 Å². The number of amides is 1. The average molecular weight is 208 g/mol. The van der Waals surface area contributed by atoms with Gasteiger partial charge >= 0.3 is 0 Å². The molecule has 1 heterocycles. The highest BCUT2D eigenvalue weighted by Crippen LogP contribution is 2.23. The Bertz CT molecular complexity index is 267. The van der Waals surface area contributed by atoms with Crippen LogP contribution in [0.1, 0.15) is 26.2 Å². The normalized spacial score (nSPS) is 32.3. The van der Waals surface area contributed by atoms with Crippen molar-refractivity contribution in [1.29, 1.82) is 0 Å². The molecule has 1 aliphatic carbocycles. The predicted molar refractivity (Wildman–Crippen MR) is 60.2 cm³/mol. The van der Waals surface area contributed by atoms with Crippen molar-refractivity contribution in [3.05, 3.63) is 12.2 Å². The largest absolute Gasteiger partial charge is 0.342 e. The van der Waals surface area contributed by atoms with Gasteiger partial charge in [-0.25, -0.2) is 0 Å². The molecule has 1 fully saturated rings. The summed E-state index contributed by atoms with van der Waals surface area (Å²) in [5.41, 5.74) is 5.76. The van der Waals surface area contributed by atoms with E-state index in [0.29, 0.717) is 0 Å². The van der Waals surface area contributed by atoms with Gasteiger partial charge in [-0.05, 0) is 25.2 Å². The summed E-state index contributed by atoms with van der Waals surface area (Å²) in [7, 11) is 0. The molecule has 2 unspecified atom stereocenters. The summed E-state index contributed by atoms with van der Waals surface area (Å²) in [5, 5.41) is 0. The molecular weight excluding hydrogens is 188 g/mol. The molecule has 1 aliphatic heterocycles. The van der Waals surface area contributed by atoms with Crippen molar-refractivity contribution in [2.75, 3.05) is 13.1 Å². The van der Waals surface area contributed by atoms with Gasteiger partial charge in [0, 0.05) is 19.1 Å². The summed E-state index contributed by atoms with van der Waals surface area (Å²) < 4.78 is 0. The molecule has 0 bridgehead atoms. The number of carbonyl (C=O) groups excluding carboxylic acids is 1. The molecule has 0 aromatic carbocycles. The number of hydrogen-bond acceptors (Lipinski definition) is 2. The van der Waals surface area contributed by atoms with Gasteiger partial charge in [-0.1, -0.05) is 19.1 Å². The number of rotatable bonds is 1. The highest BCUT2D eigenvalue weighted by Gasteiger charge is 2.28. The van der Waals surface area contributed by atoms with Crippen molar-refractivity contribution in [2.24, 2.45) is 17.6 Å². The minimum absolute atomic E-state index is 0.0495. The van der Waals surface area contributed by atoms with Crippen LogP contribution in [0.5, 0.6) is 0 Å². The summed E-state index contributed by atoms with van der Waals surface area (Å²) >= 11 is 0. The van der Waals surface area contributed by atoms with Crippen molar-refractivity contribution in [2.45, 2.75) is 32.2 Å². The van der Waals surface area contributed by atoms with E-state index in [2.05, 4.69) is 6.92 Å². The van der Waals surface area contributed by atoms with E-state index in [4.69, 9.17) is 5.73 Å². The van der Waals surface area contributed by atoms with Crippen LogP contribution in [0.2, 0.25) is 0 Å². The maximum Gasteiger partial charge on any atom is 0.229 e. The van der Waals surface area contributed by atoms with Crippen LogP contribution in [0.25, 0.3) is 0 Å². The monoisotopic (exact) mass is 208 g/mol. The quantitative estimate of drug-likeness (QED) is 0.657. The number of nitrogens with zero attached hydrogens (tertiary/aromatic N) is 1. The van der Waals surface area contributed by atoms with Crippen molar-refractivity contribution in [3.8, 4) is 0 Å². The second-order valence-electron chi connectivity index (χ2n) is 4.90. The predicted octanol–water partition coefficient (Wildman–Crippen LogP) is 1.15. The van der Waals surface area contributed by atoms with Crippen LogP contribution in [0, 0.1) is 11.8 Å². The molecule has 0 aromatic rings. The molecule has 15 heavy (non-hydrogen) atoms. The molecule has 3 heteroatoms. The van der Waals surface area contributed by atoms with Gasteiger partial charge in [0.05, 0.1) is 5.92 Å². The number of hydrogen-bond donors (Lipinski definition) is 1. The third-order valence-electron chi connectivity index (χ3n) is 3.53. The fourth-order valence-corrected chi connectivity index (χ4v) is 2.37. The maximum absolute atomic E-state index is 12.1. The van der Waals surface area contributed by atoms with E-state index in [-0.39, 0.29) is 17.9 Å². The zero-order valence-electron chi connectivity index (χ0n) is 9.36. The molecule has 2 atom stereocenters. The first-order chi connectivity index (χ1) is 7.16. The Morgan fingerprint density at radius 3 is 2.53 bits per heavy atom. The van der Waals surface area contributed by atoms with Crippen LogP contribution in [-0.2, 0) is 4.79 Å². The third-order valence-corrected chi connectivity index (χ3v) is 3.53. The zero-order chi connectivity index (χ0) is 10.8. The van der Waals surface area contributed by atoms with Crippen molar-refractivity contribution < 1.29 is 4.79 Å². The SMILES string of the molecule is CC1CCN(C(=O)C2C=CC(N)C2)CC1. The summed E-state index contributed by atoms with van der Waals surface area (Å²) in [5.74, 6) is 1.11. The number of nitrogens with two attached hydrogens (primary N) is 1. The molecule has 2 N–H and O–H groups in total. The van der Waals surface area contributed by atoms with E-state index in [1.165, 1.54) is 0 Å². The minimum atomic E-state index is 0.0495. The van der Waals surface area contributed by atoms with Crippen LogP contribution in [-0.4, -0.2) is 29.9 Å². The lowest BCUT2D eigenvalue weighted by Gasteiger charge is -2.32. The van der Waals surface area contributed by atoms with Gasteiger partial charge in [-0.3, -0.25) is 4.79 Å². The Morgan fingerprint density at radius 1 is 1.33 bits per heavy atom. The summed E-state index contributed by atoms with van der Waals surface area (Å²) in [6, 6.07) is 0.0858. The number of likely N-dealkylation sites (tertiary alicyclic amines) is 1. The number of piperidine rings is 1. The van der Waals surface area contributed by atoms with Gasteiger partial charge in [0.2, 0.25) is 5.91 Å². The van der Waals surface area contributed by atoms with Crippen molar-refractivity contribution in [1.82, 2.24) is 4.90 Å². The minimum Gasteiger partial charge on any atom is -0.342 e. The Labute approximate surface area is 91.3 Å². The first-order valence-corrected chi connectivity index (χ1v) is 5.89. The molecule has 1 amide bonds. The lowest BCUT2D eigenvalue weighted by molar-refractivity contribution is -0.135. The van der Waals surface area contributed by atoms with Crippen LogP contribution in [0.4, 0.5) is 0 Å². The molecule has 0 aromatic heterocycles. The smallest absolute Gasteiger partial charge is 0.229 e. The molecule has 2 aliphatic rings. The highest BCUT2D eigenvalue weighted by molar-refractivity contribution is 5.81. The van der Waals surface area contributed by atoms with Crippen LogP contribution in [0.3, 0.4) is 0 Å².